The van der Waals surface area contributed by atoms with Gasteiger partial charge in [-0.15, -0.1) is 0 Å². The summed E-state index contributed by atoms with van der Waals surface area (Å²) in [5, 5.41) is 9.12. The van der Waals surface area contributed by atoms with E-state index in [0.29, 0.717) is 10.8 Å². The number of nitrogens with one attached hydrogen (secondary N) is 2. The molecule has 0 atom stereocenters. The van der Waals surface area contributed by atoms with Gasteiger partial charge in [-0.1, -0.05) is 23.2 Å². The molecule has 6 nitrogen and oxygen atoms in total. The molecule has 0 aliphatic rings. The predicted octanol–water partition coefficient (Wildman–Crippen LogP) is 0.512. The zero-order chi connectivity index (χ0) is 13.5. The minimum atomic E-state index is -0.729. The quantitative estimate of drug-likeness (QED) is 0.706. The van der Waals surface area contributed by atoms with Gasteiger partial charge in [0.25, 0.3) is 11.8 Å². The number of halogens is 2. The van der Waals surface area contributed by atoms with Gasteiger partial charge in [0.05, 0.1) is 5.02 Å². The van der Waals surface area contributed by atoms with Crippen LogP contribution in [0, 0.1) is 0 Å². The van der Waals surface area contributed by atoms with E-state index in [1.165, 1.54) is 12.1 Å². The molecule has 18 heavy (non-hydrogen) atoms. The van der Waals surface area contributed by atoms with Gasteiger partial charge in [0.2, 0.25) is 0 Å². The van der Waals surface area contributed by atoms with Crippen LogP contribution in [-0.2, 0) is 9.59 Å². The molecular formula is C10H10Cl2N2O4. The number of hydrogen-bond acceptors (Lipinski definition) is 4. The number of amides is 2. The van der Waals surface area contributed by atoms with Gasteiger partial charge in [0, 0.05) is 5.02 Å². The van der Waals surface area contributed by atoms with Crippen LogP contribution >= 0.6 is 23.2 Å². The topological polar surface area (TPSA) is 87.7 Å². The third-order valence-electron chi connectivity index (χ3n) is 1.74. The summed E-state index contributed by atoms with van der Waals surface area (Å²) in [5.74, 6) is -1.03. The Morgan fingerprint density at radius 2 is 1.89 bits per heavy atom. The first-order valence-corrected chi connectivity index (χ1v) is 5.55. The fourth-order valence-corrected chi connectivity index (χ4v) is 1.41. The highest BCUT2D eigenvalue weighted by Crippen LogP contribution is 2.27. The average molecular weight is 293 g/mol. The van der Waals surface area contributed by atoms with Crippen molar-refractivity contribution in [3.05, 3.63) is 28.2 Å². The largest absolute Gasteiger partial charge is 0.482 e. The molecule has 0 spiro atoms. The van der Waals surface area contributed by atoms with Gasteiger partial charge < -0.3 is 9.84 Å². The van der Waals surface area contributed by atoms with Crippen LogP contribution < -0.4 is 15.6 Å². The van der Waals surface area contributed by atoms with Crippen molar-refractivity contribution in [1.82, 2.24) is 10.9 Å². The lowest BCUT2D eigenvalue weighted by atomic mass is 10.3. The number of aliphatic hydroxyl groups excluding tert-OH is 1. The highest BCUT2D eigenvalue weighted by Gasteiger charge is 2.07. The number of hydrogen-bond donors (Lipinski definition) is 3. The van der Waals surface area contributed by atoms with Gasteiger partial charge in [-0.25, -0.2) is 0 Å². The maximum Gasteiger partial charge on any atom is 0.276 e. The molecule has 0 fully saturated rings. The monoisotopic (exact) mass is 292 g/mol. The number of hydrazine groups is 1. The Balaban J connectivity index is 2.40. The summed E-state index contributed by atoms with van der Waals surface area (Å²) in [7, 11) is 0. The Morgan fingerprint density at radius 1 is 1.22 bits per heavy atom. The van der Waals surface area contributed by atoms with Crippen LogP contribution in [0.4, 0.5) is 0 Å². The van der Waals surface area contributed by atoms with Crippen molar-refractivity contribution >= 4 is 35.0 Å². The highest BCUT2D eigenvalue weighted by molar-refractivity contribution is 6.35. The molecule has 0 saturated carbocycles. The van der Waals surface area contributed by atoms with Gasteiger partial charge in [0.15, 0.2) is 6.61 Å². The van der Waals surface area contributed by atoms with E-state index >= 15 is 0 Å². The third kappa shape index (κ3) is 4.79. The third-order valence-corrected chi connectivity index (χ3v) is 2.27. The van der Waals surface area contributed by atoms with E-state index < -0.39 is 18.4 Å². The van der Waals surface area contributed by atoms with Gasteiger partial charge in [-0.3, -0.25) is 20.4 Å². The minimum Gasteiger partial charge on any atom is -0.482 e. The van der Waals surface area contributed by atoms with Crippen LogP contribution in [-0.4, -0.2) is 30.1 Å². The number of ether oxygens (including phenoxy) is 1. The molecule has 3 N–H and O–H groups in total. The van der Waals surface area contributed by atoms with Crippen LogP contribution in [0.25, 0.3) is 0 Å². The SMILES string of the molecule is O=C(CO)NNC(=O)COc1ccc(Cl)cc1Cl. The van der Waals surface area contributed by atoms with E-state index in [1.54, 1.807) is 6.07 Å². The van der Waals surface area contributed by atoms with Crippen molar-refractivity contribution in [3.63, 3.8) is 0 Å². The van der Waals surface area contributed by atoms with Crippen LogP contribution in [0.5, 0.6) is 5.75 Å². The number of rotatable bonds is 4. The van der Waals surface area contributed by atoms with Crippen molar-refractivity contribution < 1.29 is 19.4 Å². The Hall–Kier alpha value is -1.50. The second-order valence-electron chi connectivity index (χ2n) is 3.12. The molecule has 0 heterocycles. The second-order valence-corrected chi connectivity index (χ2v) is 3.96. The summed E-state index contributed by atoms with van der Waals surface area (Å²) >= 11 is 11.5. The summed E-state index contributed by atoms with van der Waals surface area (Å²) < 4.78 is 5.10. The standard InChI is InChI=1S/C10H10Cl2N2O4/c11-6-1-2-8(7(12)3-6)18-5-10(17)14-13-9(16)4-15/h1-3,15H,4-5H2,(H,13,16)(H,14,17). The highest BCUT2D eigenvalue weighted by atomic mass is 35.5. The number of carbonyl (C=O) groups excluding carboxylic acids is 2. The number of benzene rings is 1. The Morgan fingerprint density at radius 3 is 2.50 bits per heavy atom. The van der Waals surface area contributed by atoms with Crippen molar-refractivity contribution in [3.8, 4) is 5.75 Å². The zero-order valence-electron chi connectivity index (χ0n) is 9.07. The van der Waals surface area contributed by atoms with E-state index in [4.69, 9.17) is 33.0 Å². The van der Waals surface area contributed by atoms with Gasteiger partial charge in [-0.2, -0.15) is 0 Å². The van der Waals surface area contributed by atoms with Crippen LogP contribution in [0.2, 0.25) is 10.0 Å². The molecule has 2 amide bonds. The van der Waals surface area contributed by atoms with Crippen molar-refractivity contribution in [2.24, 2.45) is 0 Å². The smallest absolute Gasteiger partial charge is 0.276 e. The van der Waals surface area contributed by atoms with Crippen molar-refractivity contribution in [2.75, 3.05) is 13.2 Å². The fourth-order valence-electron chi connectivity index (χ4n) is 0.951. The molecule has 98 valence electrons. The molecule has 8 heteroatoms. The normalized spacial score (nSPS) is 9.72. The molecule has 1 aromatic carbocycles. The lowest BCUT2D eigenvalue weighted by Crippen LogP contribution is -2.44. The Kier molecular flexibility index (Phi) is 5.70. The molecule has 0 aliphatic heterocycles. The van der Waals surface area contributed by atoms with E-state index in [0.717, 1.165) is 0 Å². The maximum atomic E-state index is 11.2. The summed E-state index contributed by atoms with van der Waals surface area (Å²) in [4.78, 5) is 21.8. The average Bonchev–Trinajstić information content (AvgIpc) is 2.34. The van der Waals surface area contributed by atoms with Crippen LogP contribution in [0.3, 0.4) is 0 Å². The molecule has 0 bridgehead atoms. The lowest BCUT2D eigenvalue weighted by Gasteiger charge is -2.09. The molecular weight excluding hydrogens is 283 g/mol. The minimum absolute atomic E-state index is 0.273. The molecule has 0 unspecified atom stereocenters. The summed E-state index contributed by atoms with van der Waals surface area (Å²) in [5.41, 5.74) is 4.01. The molecule has 1 aromatic rings. The molecule has 0 aromatic heterocycles. The van der Waals surface area contributed by atoms with E-state index in [-0.39, 0.29) is 11.6 Å². The predicted molar refractivity (Wildman–Crippen MR) is 65.3 cm³/mol. The van der Waals surface area contributed by atoms with Gasteiger partial charge in [-0.05, 0) is 18.2 Å². The summed E-state index contributed by atoms with van der Waals surface area (Å²) in [6.45, 7) is -1.06. The van der Waals surface area contributed by atoms with E-state index in [1.807, 2.05) is 10.9 Å². The van der Waals surface area contributed by atoms with E-state index in [2.05, 4.69) is 0 Å². The lowest BCUT2D eigenvalue weighted by molar-refractivity contribution is -0.131. The first-order chi connectivity index (χ1) is 8.52. The zero-order valence-corrected chi connectivity index (χ0v) is 10.6. The van der Waals surface area contributed by atoms with Crippen LogP contribution in [0.1, 0.15) is 0 Å². The van der Waals surface area contributed by atoms with Crippen molar-refractivity contribution in [2.45, 2.75) is 0 Å². The second kappa shape index (κ2) is 7.05. The molecule has 0 aliphatic carbocycles. The fraction of sp³-hybridized carbons (Fsp3) is 0.200. The molecule has 0 saturated heterocycles. The summed E-state index contributed by atoms with van der Waals surface area (Å²) in [6.07, 6.45) is 0. The summed E-state index contributed by atoms with van der Waals surface area (Å²) in [6, 6.07) is 4.56. The van der Waals surface area contributed by atoms with E-state index in [9.17, 15) is 9.59 Å². The Bertz CT molecular complexity index is 454. The first kappa shape index (κ1) is 14.6. The van der Waals surface area contributed by atoms with Crippen molar-refractivity contribution in [1.29, 1.82) is 0 Å². The molecule has 0 radical (unpaired) electrons. The molecule has 1 rings (SSSR count). The maximum absolute atomic E-state index is 11.2. The number of aliphatic hydroxyl groups is 1. The number of carbonyl (C=O) groups is 2. The first-order valence-electron chi connectivity index (χ1n) is 4.79. The van der Waals surface area contributed by atoms with Gasteiger partial charge in [0.1, 0.15) is 12.4 Å². The van der Waals surface area contributed by atoms with Gasteiger partial charge >= 0.3 is 0 Å². The Labute approximate surface area is 113 Å². The van der Waals surface area contributed by atoms with Crippen LogP contribution in [0.15, 0.2) is 18.2 Å².